The summed E-state index contributed by atoms with van der Waals surface area (Å²) in [5.41, 5.74) is 1.19. The van der Waals surface area contributed by atoms with Crippen LogP contribution in [0.2, 0.25) is 10.3 Å². The van der Waals surface area contributed by atoms with Crippen LogP contribution in [0.25, 0.3) is 0 Å². The van der Waals surface area contributed by atoms with Crippen molar-refractivity contribution in [3.63, 3.8) is 0 Å². The van der Waals surface area contributed by atoms with Gasteiger partial charge in [0.25, 0.3) is 0 Å². The Balaban J connectivity index is 2.27. The van der Waals surface area contributed by atoms with Gasteiger partial charge in [-0.2, -0.15) is 0 Å². The highest BCUT2D eigenvalue weighted by molar-refractivity contribution is 7.99. The maximum Gasteiger partial charge on any atom is 0.195 e. The average Bonchev–Trinajstić information content (AvgIpc) is 2.15. The molecule has 82 valence electrons. The number of hydrogen-bond acceptors (Lipinski definition) is 3. The molecule has 2 nitrogen and oxygen atoms in total. The Morgan fingerprint density at radius 2 is 1.75 bits per heavy atom. The van der Waals surface area contributed by atoms with E-state index in [-0.39, 0.29) is 0 Å². The molecule has 0 aliphatic carbocycles. The zero-order chi connectivity index (χ0) is 11.5. The number of aromatic nitrogens is 2. The highest BCUT2D eigenvalue weighted by atomic mass is 35.5. The van der Waals surface area contributed by atoms with Crippen LogP contribution in [0.1, 0.15) is 5.56 Å². The molecule has 0 aliphatic heterocycles. The predicted molar refractivity (Wildman–Crippen MR) is 67.4 cm³/mol. The molecule has 0 amide bonds. The van der Waals surface area contributed by atoms with E-state index in [1.165, 1.54) is 23.4 Å². The van der Waals surface area contributed by atoms with Gasteiger partial charge in [0.2, 0.25) is 0 Å². The van der Waals surface area contributed by atoms with E-state index in [2.05, 4.69) is 16.0 Å². The molecule has 0 bridgehead atoms. The minimum atomic E-state index is 0.357. The van der Waals surface area contributed by atoms with E-state index in [0.29, 0.717) is 15.5 Å². The summed E-state index contributed by atoms with van der Waals surface area (Å²) in [6, 6.07) is 9.60. The van der Waals surface area contributed by atoms with Gasteiger partial charge in [0.05, 0.1) is 0 Å². The van der Waals surface area contributed by atoms with Gasteiger partial charge in [0, 0.05) is 11.0 Å². The molecule has 0 unspecified atom stereocenters. The molecule has 16 heavy (non-hydrogen) atoms. The standard InChI is InChI=1S/C11H8Cl2N2S/c1-7-3-2-4-8(5-7)16-11-14-9(12)6-10(13)15-11/h2-6H,1H3. The van der Waals surface area contributed by atoms with E-state index < -0.39 is 0 Å². The summed E-state index contributed by atoms with van der Waals surface area (Å²) < 4.78 is 0. The maximum absolute atomic E-state index is 5.80. The van der Waals surface area contributed by atoms with Crippen LogP contribution < -0.4 is 0 Å². The van der Waals surface area contributed by atoms with Crippen molar-refractivity contribution in [2.75, 3.05) is 0 Å². The smallest absolute Gasteiger partial charge is 0.195 e. The second-order valence-corrected chi connectivity index (χ2v) is 5.03. The normalized spacial score (nSPS) is 10.4. The highest BCUT2D eigenvalue weighted by Gasteiger charge is 2.04. The van der Waals surface area contributed by atoms with Crippen LogP contribution in [-0.2, 0) is 0 Å². The Morgan fingerprint density at radius 3 is 2.38 bits per heavy atom. The van der Waals surface area contributed by atoms with Gasteiger partial charge in [-0.3, -0.25) is 0 Å². The maximum atomic E-state index is 5.80. The molecular formula is C11H8Cl2N2S. The van der Waals surface area contributed by atoms with E-state index in [4.69, 9.17) is 23.2 Å². The Kier molecular flexibility index (Phi) is 3.69. The lowest BCUT2D eigenvalue weighted by Gasteiger charge is -2.02. The molecule has 1 heterocycles. The molecule has 2 rings (SSSR count). The average molecular weight is 271 g/mol. The third kappa shape index (κ3) is 3.11. The Labute approximate surface area is 108 Å². The molecule has 0 saturated carbocycles. The molecule has 0 fully saturated rings. The molecule has 5 heteroatoms. The molecule has 0 N–H and O–H groups in total. The first-order chi connectivity index (χ1) is 7.63. The summed E-state index contributed by atoms with van der Waals surface area (Å²) in [6.45, 7) is 2.04. The monoisotopic (exact) mass is 270 g/mol. The van der Waals surface area contributed by atoms with E-state index in [1.807, 2.05) is 25.1 Å². The summed E-state index contributed by atoms with van der Waals surface area (Å²) in [5.74, 6) is 0. The van der Waals surface area contributed by atoms with Gasteiger partial charge in [0.15, 0.2) is 5.16 Å². The lowest BCUT2D eigenvalue weighted by atomic mass is 10.2. The quantitative estimate of drug-likeness (QED) is 0.603. The van der Waals surface area contributed by atoms with E-state index in [1.54, 1.807) is 0 Å². The van der Waals surface area contributed by atoms with Gasteiger partial charge in [-0.15, -0.1) is 0 Å². The fourth-order valence-electron chi connectivity index (χ4n) is 1.20. The van der Waals surface area contributed by atoms with Crippen molar-refractivity contribution in [1.82, 2.24) is 9.97 Å². The topological polar surface area (TPSA) is 25.8 Å². The second kappa shape index (κ2) is 5.04. The van der Waals surface area contributed by atoms with E-state index in [0.717, 1.165) is 4.90 Å². The first-order valence-corrected chi connectivity index (χ1v) is 6.15. The molecular weight excluding hydrogens is 263 g/mol. The van der Waals surface area contributed by atoms with Gasteiger partial charge in [-0.1, -0.05) is 40.9 Å². The molecule has 0 atom stereocenters. The van der Waals surface area contributed by atoms with E-state index >= 15 is 0 Å². The predicted octanol–water partition coefficient (Wildman–Crippen LogP) is 4.24. The molecule has 1 aromatic carbocycles. The molecule has 0 radical (unpaired) electrons. The Morgan fingerprint density at radius 1 is 1.06 bits per heavy atom. The zero-order valence-electron chi connectivity index (χ0n) is 8.45. The number of aryl methyl sites for hydroxylation is 1. The largest absolute Gasteiger partial charge is 0.210 e. The van der Waals surface area contributed by atoms with Crippen molar-refractivity contribution in [2.24, 2.45) is 0 Å². The summed E-state index contributed by atoms with van der Waals surface area (Å²) in [5, 5.41) is 1.27. The lowest BCUT2D eigenvalue weighted by molar-refractivity contribution is 0.968. The molecule has 2 aromatic rings. The molecule has 1 aromatic heterocycles. The SMILES string of the molecule is Cc1cccc(Sc2nc(Cl)cc(Cl)n2)c1. The van der Waals surface area contributed by atoms with Crippen LogP contribution in [0, 0.1) is 6.92 Å². The van der Waals surface area contributed by atoms with Crippen molar-refractivity contribution in [3.8, 4) is 0 Å². The summed E-state index contributed by atoms with van der Waals surface area (Å²) in [6.07, 6.45) is 0. The van der Waals surface area contributed by atoms with Crippen molar-refractivity contribution in [3.05, 3.63) is 46.2 Å². The van der Waals surface area contributed by atoms with Crippen LogP contribution in [0.5, 0.6) is 0 Å². The summed E-state index contributed by atoms with van der Waals surface area (Å²) in [4.78, 5) is 9.25. The Hall–Kier alpha value is -0.770. The molecule has 0 saturated heterocycles. The van der Waals surface area contributed by atoms with Crippen molar-refractivity contribution in [2.45, 2.75) is 17.0 Å². The van der Waals surface area contributed by atoms with Crippen LogP contribution in [0.4, 0.5) is 0 Å². The Bertz CT molecular complexity index is 497. The highest BCUT2D eigenvalue weighted by Crippen LogP contribution is 2.27. The fourth-order valence-corrected chi connectivity index (χ4v) is 2.61. The fraction of sp³-hybridized carbons (Fsp3) is 0.0909. The number of hydrogen-bond donors (Lipinski definition) is 0. The van der Waals surface area contributed by atoms with Gasteiger partial charge in [0.1, 0.15) is 10.3 Å². The minimum absolute atomic E-state index is 0.357. The second-order valence-electron chi connectivity index (χ2n) is 3.21. The van der Waals surface area contributed by atoms with Crippen LogP contribution in [0.15, 0.2) is 40.4 Å². The first kappa shape index (κ1) is 11.7. The molecule has 0 spiro atoms. The number of halogens is 2. The number of rotatable bonds is 2. The first-order valence-electron chi connectivity index (χ1n) is 4.58. The third-order valence-electron chi connectivity index (χ3n) is 1.84. The van der Waals surface area contributed by atoms with Crippen LogP contribution >= 0.6 is 35.0 Å². The summed E-state index contributed by atoms with van der Waals surface area (Å²) in [7, 11) is 0. The number of nitrogens with zero attached hydrogens (tertiary/aromatic N) is 2. The number of benzene rings is 1. The van der Waals surface area contributed by atoms with Crippen molar-refractivity contribution in [1.29, 1.82) is 0 Å². The van der Waals surface area contributed by atoms with Crippen molar-refractivity contribution >= 4 is 35.0 Å². The summed E-state index contributed by atoms with van der Waals surface area (Å²) >= 11 is 13.0. The lowest BCUT2D eigenvalue weighted by Crippen LogP contribution is -1.87. The van der Waals surface area contributed by atoms with E-state index in [9.17, 15) is 0 Å². The van der Waals surface area contributed by atoms with Gasteiger partial charge in [-0.25, -0.2) is 9.97 Å². The third-order valence-corrected chi connectivity index (χ3v) is 3.08. The zero-order valence-corrected chi connectivity index (χ0v) is 10.8. The van der Waals surface area contributed by atoms with Crippen LogP contribution in [0.3, 0.4) is 0 Å². The molecule has 0 aliphatic rings. The van der Waals surface area contributed by atoms with Gasteiger partial charge < -0.3 is 0 Å². The van der Waals surface area contributed by atoms with Gasteiger partial charge in [-0.05, 0) is 30.8 Å². The minimum Gasteiger partial charge on any atom is -0.210 e. The van der Waals surface area contributed by atoms with Crippen molar-refractivity contribution < 1.29 is 0 Å². The van der Waals surface area contributed by atoms with Crippen LogP contribution in [-0.4, -0.2) is 9.97 Å². The van der Waals surface area contributed by atoms with Gasteiger partial charge >= 0.3 is 0 Å².